The molecule has 2 aromatic rings. The number of piperidine rings is 1. The lowest BCUT2D eigenvalue weighted by molar-refractivity contribution is -0.143. The SMILES string of the molecule is COc1ccc2nc(CN3CCCC(C(=O)O)C3)[nH]c2c1. The van der Waals surface area contributed by atoms with E-state index in [1.54, 1.807) is 7.11 Å². The summed E-state index contributed by atoms with van der Waals surface area (Å²) < 4.78 is 5.20. The number of nitrogens with one attached hydrogen (secondary N) is 1. The van der Waals surface area contributed by atoms with Gasteiger partial charge >= 0.3 is 5.97 Å². The van der Waals surface area contributed by atoms with Crippen molar-refractivity contribution in [2.45, 2.75) is 19.4 Å². The molecule has 21 heavy (non-hydrogen) atoms. The van der Waals surface area contributed by atoms with Crippen LogP contribution in [0.15, 0.2) is 18.2 Å². The van der Waals surface area contributed by atoms with E-state index < -0.39 is 5.97 Å². The van der Waals surface area contributed by atoms with Crippen LogP contribution in [0.3, 0.4) is 0 Å². The molecule has 1 saturated heterocycles. The zero-order chi connectivity index (χ0) is 14.8. The molecule has 1 unspecified atom stereocenters. The first kappa shape index (κ1) is 13.9. The molecule has 3 rings (SSSR count). The van der Waals surface area contributed by atoms with E-state index in [-0.39, 0.29) is 5.92 Å². The molecule has 0 spiro atoms. The third-order valence-corrected chi connectivity index (χ3v) is 3.97. The van der Waals surface area contributed by atoms with E-state index in [2.05, 4.69) is 14.9 Å². The quantitative estimate of drug-likeness (QED) is 0.898. The predicted octanol–water partition coefficient (Wildman–Crippen LogP) is 1.87. The van der Waals surface area contributed by atoms with Crippen molar-refractivity contribution in [2.24, 2.45) is 5.92 Å². The highest BCUT2D eigenvalue weighted by molar-refractivity contribution is 5.76. The van der Waals surface area contributed by atoms with Crippen molar-refractivity contribution in [1.82, 2.24) is 14.9 Å². The van der Waals surface area contributed by atoms with Crippen LogP contribution in [0.4, 0.5) is 0 Å². The van der Waals surface area contributed by atoms with Crippen LogP contribution in [0.5, 0.6) is 5.75 Å². The average Bonchev–Trinajstić information content (AvgIpc) is 2.88. The molecule has 6 heteroatoms. The number of H-pyrrole nitrogens is 1. The van der Waals surface area contributed by atoms with Gasteiger partial charge in [0.2, 0.25) is 0 Å². The van der Waals surface area contributed by atoms with Crippen molar-refractivity contribution in [3.05, 3.63) is 24.0 Å². The number of imidazole rings is 1. The van der Waals surface area contributed by atoms with Gasteiger partial charge in [0.25, 0.3) is 0 Å². The Morgan fingerprint density at radius 3 is 3.19 bits per heavy atom. The molecule has 0 radical (unpaired) electrons. The molecule has 0 bridgehead atoms. The Labute approximate surface area is 122 Å². The Morgan fingerprint density at radius 1 is 1.57 bits per heavy atom. The summed E-state index contributed by atoms with van der Waals surface area (Å²) in [5.74, 6) is 0.697. The van der Waals surface area contributed by atoms with Crippen LogP contribution in [-0.4, -0.2) is 46.1 Å². The highest BCUT2D eigenvalue weighted by atomic mass is 16.5. The molecule has 1 aliphatic heterocycles. The topological polar surface area (TPSA) is 78.4 Å². The minimum atomic E-state index is -0.700. The summed E-state index contributed by atoms with van der Waals surface area (Å²) in [7, 11) is 1.64. The monoisotopic (exact) mass is 289 g/mol. The molecule has 1 atom stereocenters. The molecule has 1 aromatic carbocycles. The Balaban J connectivity index is 1.73. The molecule has 0 amide bonds. The molecule has 1 aromatic heterocycles. The molecule has 1 aliphatic rings. The number of carboxylic acid groups (broad SMARTS) is 1. The van der Waals surface area contributed by atoms with Crippen molar-refractivity contribution in [2.75, 3.05) is 20.2 Å². The summed E-state index contributed by atoms with van der Waals surface area (Å²) in [5, 5.41) is 9.13. The summed E-state index contributed by atoms with van der Waals surface area (Å²) in [5.41, 5.74) is 1.84. The van der Waals surface area contributed by atoms with E-state index in [1.165, 1.54) is 0 Å². The van der Waals surface area contributed by atoms with Gasteiger partial charge in [0.1, 0.15) is 11.6 Å². The summed E-state index contributed by atoms with van der Waals surface area (Å²) in [6, 6.07) is 5.72. The first-order chi connectivity index (χ1) is 10.2. The number of carbonyl (C=O) groups is 1. The number of aromatic amines is 1. The van der Waals surface area contributed by atoms with Crippen molar-refractivity contribution in [3.63, 3.8) is 0 Å². The van der Waals surface area contributed by atoms with Gasteiger partial charge in [0, 0.05) is 12.6 Å². The first-order valence-corrected chi connectivity index (χ1v) is 7.13. The maximum Gasteiger partial charge on any atom is 0.307 e. The van der Waals surface area contributed by atoms with Gasteiger partial charge in [-0.05, 0) is 31.5 Å². The molecular weight excluding hydrogens is 270 g/mol. The third-order valence-electron chi connectivity index (χ3n) is 3.97. The number of nitrogens with zero attached hydrogens (tertiary/aromatic N) is 2. The van der Waals surface area contributed by atoms with E-state index >= 15 is 0 Å². The van der Waals surface area contributed by atoms with Gasteiger partial charge < -0.3 is 14.8 Å². The van der Waals surface area contributed by atoms with Gasteiger partial charge in [-0.25, -0.2) is 4.98 Å². The fraction of sp³-hybridized carbons (Fsp3) is 0.467. The second kappa shape index (κ2) is 5.73. The lowest BCUT2D eigenvalue weighted by Crippen LogP contribution is -2.38. The minimum absolute atomic E-state index is 0.261. The zero-order valence-electron chi connectivity index (χ0n) is 12.0. The predicted molar refractivity (Wildman–Crippen MR) is 78.3 cm³/mol. The van der Waals surface area contributed by atoms with Crippen LogP contribution in [0.2, 0.25) is 0 Å². The number of likely N-dealkylation sites (tertiary alicyclic amines) is 1. The molecule has 6 nitrogen and oxygen atoms in total. The Hall–Kier alpha value is -2.08. The van der Waals surface area contributed by atoms with Gasteiger partial charge in [-0.2, -0.15) is 0 Å². The molecule has 112 valence electrons. The Kier molecular flexibility index (Phi) is 3.79. The van der Waals surface area contributed by atoms with E-state index in [0.717, 1.165) is 42.0 Å². The van der Waals surface area contributed by atoms with Crippen molar-refractivity contribution in [3.8, 4) is 5.75 Å². The zero-order valence-corrected chi connectivity index (χ0v) is 12.0. The molecular formula is C15H19N3O3. The molecule has 2 N–H and O–H groups in total. The number of hydrogen-bond acceptors (Lipinski definition) is 4. The smallest absolute Gasteiger partial charge is 0.307 e. The van der Waals surface area contributed by atoms with Gasteiger partial charge in [0.15, 0.2) is 0 Å². The number of benzene rings is 1. The van der Waals surface area contributed by atoms with Gasteiger partial charge in [-0.15, -0.1) is 0 Å². The Bertz CT molecular complexity index is 653. The molecule has 1 fully saturated rings. The number of rotatable bonds is 4. The maximum atomic E-state index is 11.1. The number of methoxy groups -OCH3 is 1. The summed E-state index contributed by atoms with van der Waals surface area (Å²) in [4.78, 5) is 21.1. The normalized spacial score (nSPS) is 19.8. The maximum absolute atomic E-state index is 11.1. The van der Waals surface area contributed by atoms with Crippen LogP contribution >= 0.6 is 0 Å². The van der Waals surface area contributed by atoms with Crippen LogP contribution in [0.25, 0.3) is 11.0 Å². The highest BCUT2D eigenvalue weighted by Crippen LogP contribution is 2.21. The number of fused-ring (bicyclic) bond motifs is 1. The van der Waals surface area contributed by atoms with Crippen molar-refractivity contribution < 1.29 is 14.6 Å². The second-order valence-corrected chi connectivity index (χ2v) is 5.48. The van der Waals surface area contributed by atoms with Gasteiger partial charge in [0.05, 0.1) is 30.6 Å². The van der Waals surface area contributed by atoms with E-state index in [4.69, 9.17) is 9.84 Å². The lowest BCUT2D eigenvalue weighted by atomic mass is 9.98. The Morgan fingerprint density at radius 2 is 2.43 bits per heavy atom. The van der Waals surface area contributed by atoms with Gasteiger partial charge in [-0.3, -0.25) is 9.69 Å². The number of aliphatic carboxylic acids is 1. The van der Waals surface area contributed by atoms with E-state index in [1.807, 2.05) is 18.2 Å². The lowest BCUT2D eigenvalue weighted by Gasteiger charge is -2.29. The average molecular weight is 289 g/mol. The van der Waals surface area contributed by atoms with Crippen LogP contribution in [0, 0.1) is 5.92 Å². The van der Waals surface area contributed by atoms with Crippen LogP contribution in [-0.2, 0) is 11.3 Å². The minimum Gasteiger partial charge on any atom is -0.497 e. The number of carboxylic acids is 1. The van der Waals surface area contributed by atoms with Gasteiger partial charge in [-0.1, -0.05) is 0 Å². The van der Waals surface area contributed by atoms with Crippen LogP contribution in [0.1, 0.15) is 18.7 Å². The van der Waals surface area contributed by atoms with E-state index in [0.29, 0.717) is 13.1 Å². The standard InChI is InChI=1S/C15H19N3O3/c1-21-11-4-5-12-13(7-11)17-14(16-12)9-18-6-2-3-10(8-18)15(19)20/h4-5,7,10H,2-3,6,8-9H2,1H3,(H,16,17)(H,19,20). The summed E-state index contributed by atoms with van der Waals surface area (Å²) >= 11 is 0. The first-order valence-electron chi connectivity index (χ1n) is 7.13. The molecule has 0 saturated carbocycles. The molecule has 2 heterocycles. The second-order valence-electron chi connectivity index (χ2n) is 5.48. The third kappa shape index (κ3) is 3.00. The number of aromatic nitrogens is 2. The van der Waals surface area contributed by atoms with E-state index in [9.17, 15) is 4.79 Å². The van der Waals surface area contributed by atoms with Crippen LogP contribution < -0.4 is 4.74 Å². The summed E-state index contributed by atoms with van der Waals surface area (Å²) in [6.45, 7) is 2.17. The molecule has 0 aliphatic carbocycles. The highest BCUT2D eigenvalue weighted by Gasteiger charge is 2.25. The fourth-order valence-corrected chi connectivity index (χ4v) is 2.86. The number of hydrogen-bond donors (Lipinski definition) is 2. The fourth-order valence-electron chi connectivity index (χ4n) is 2.86. The van der Waals surface area contributed by atoms with Crippen molar-refractivity contribution >= 4 is 17.0 Å². The largest absolute Gasteiger partial charge is 0.497 e. The van der Waals surface area contributed by atoms with Crippen molar-refractivity contribution in [1.29, 1.82) is 0 Å². The summed E-state index contributed by atoms with van der Waals surface area (Å²) in [6.07, 6.45) is 1.69. The number of ether oxygens (including phenoxy) is 1.